The number of aliphatic hydroxyl groups excluding tert-OH is 1. The third kappa shape index (κ3) is 3.61. The first kappa shape index (κ1) is 12.1. The van der Waals surface area contributed by atoms with Gasteiger partial charge >= 0.3 is 0 Å². The lowest BCUT2D eigenvalue weighted by Gasteiger charge is -2.21. The predicted molar refractivity (Wildman–Crippen MR) is 59.1 cm³/mol. The van der Waals surface area contributed by atoms with Crippen molar-refractivity contribution in [1.29, 1.82) is 0 Å². The molecule has 0 amide bonds. The van der Waals surface area contributed by atoms with Crippen LogP contribution in [0, 0.1) is 5.82 Å². The summed E-state index contributed by atoms with van der Waals surface area (Å²) in [7, 11) is 0. The number of nitrogens with one attached hydrogen (secondary N) is 1. The van der Waals surface area contributed by atoms with Gasteiger partial charge in [-0.2, -0.15) is 0 Å². The molecule has 2 atom stereocenters. The van der Waals surface area contributed by atoms with E-state index in [1.54, 1.807) is 12.1 Å². The summed E-state index contributed by atoms with van der Waals surface area (Å²) in [6.07, 6.45) is 0.913. The summed E-state index contributed by atoms with van der Waals surface area (Å²) in [6, 6.07) is 6.71. The second-order valence-electron chi connectivity index (χ2n) is 3.76. The lowest BCUT2D eigenvalue weighted by atomic mass is 10.0. The first-order valence-corrected chi connectivity index (χ1v) is 5.29. The van der Waals surface area contributed by atoms with Crippen LogP contribution >= 0.6 is 0 Å². The maximum Gasteiger partial charge on any atom is 0.123 e. The zero-order valence-electron chi connectivity index (χ0n) is 9.20. The SMILES string of the molecule is CC[C@@H](N[C@@H](C)CO)c1ccc(F)cc1. The van der Waals surface area contributed by atoms with Crippen LogP contribution in [0.4, 0.5) is 4.39 Å². The van der Waals surface area contributed by atoms with E-state index >= 15 is 0 Å². The minimum absolute atomic E-state index is 0.0556. The highest BCUT2D eigenvalue weighted by Crippen LogP contribution is 2.17. The van der Waals surface area contributed by atoms with Crippen LogP contribution in [0.3, 0.4) is 0 Å². The molecule has 2 nitrogen and oxygen atoms in total. The lowest BCUT2D eigenvalue weighted by molar-refractivity contribution is 0.239. The minimum atomic E-state index is -0.219. The van der Waals surface area contributed by atoms with Crippen LogP contribution in [0.2, 0.25) is 0 Å². The molecule has 0 aliphatic rings. The van der Waals surface area contributed by atoms with Gasteiger partial charge in [-0.25, -0.2) is 4.39 Å². The number of aliphatic hydroxyl groups is 1. The highest BCUT2D eigenvalue weighted by atomic mass is 19.1. The molecule has 0 bridgehead atoms. The Bertz CT molecular complexity index is 286. The molecule has 0 fully saturated rings. The third-order valence-electron chi connectivity index (χ3n) is 2.44. The second-order valence-corrected chi connectivity index (χ2v) is 3.76. The van der Waals surface area contributed by atoms with Crippen molar-refractivity contribution in [3.05, 3.63) is 35.6 Å². The number of halogens is 1. The highest BCUT2D eigenvalue weighted by Gasteiger charge is 2.11. The minimum Gasteiger partial charge on any atom is -0.395 e. The summed E-state index contributed by atoms with van der Waals surface area (Å²) >= 11 is 0. The molecule has 0 unspecified atom stereocenters. The fraction of sp³-hybridized carbons (Fsp3) is 0.500. The van der Waals surface area contributed by atoms with E-state index in [1.165, 1.54) is 12.1 Å². The van der Waals surface area contributed by atoms with E-state index in [2.05, 4.69) is 12.2 Å². The van der Waals surface area contributed by atoms with Gasteiger partial charge in [-0.1, -0.05) is 19.1 Å². The fourth-order valence-electron chi connectivity index (χ4n) is 1.54. The molecule has 0 saturated carbocycles. The summed E-state index contributed by atoms with van der Waals surface area (Å²) in [6.45, 7) is 4.09. The molecule has 3 heteroatoms. The molecule has 0 saturated heterocycles. The van der Waals surface area contributed by atoms with E-state index < -0.39 is 0 Å². The quantitative estimate of drug-likeness (QED) is 0.783. The van der Waals surface area contributed by atoms with Crippen molar-refractivity contribution in [2.45, 2.75) is 32.4 Å². The summed E-state index contributed by atoms with van der Waals surface area (Å²) < 4.78 is 12.7. The van der Waals surface area contributed by atoms with Crippen molar-refractivity contribution in [2.24, 2.45) is 0 Å². The Morgan fingerprint density at radius 2 is 1.93 bits per heavy atom. The highest BCUT2D eigenvalue weighted by molar-refractivity contribution is 5.19. The van der Waals surface area contributed by atoms with E-state index in [0.717, 1.165) is 12.0 Å². The smallest absolute Gasteiger partial charge is 0.123 e. The zero-order valence-corrected chi connectivity index (χ0v) is 9.20. The van der Waals surface area contributed by atoms with Gasteiger partial charge in [0, 0.05) is 12.1 Å². The molecule has 1 aromatic carbocycles. The van der Waals surface area contributed by atoms with E-state index in [1.807, 2.05) is 6.92 Å². The van der Waals surface area contributed by atoms with Crippen molar-refractivity contribution in [2.75, 3.05) is 6.61 Å². The van der Waals surface area contributed by atoms with Crippen LogP contribution in [0.1, 0.15) is 31.9 Å². The monoisotopic (exact) mass is 211 g/mol. The Labute approximate surface area is 90.1 Å². The maximum atomic E-state index is 12.7. The molecule has 0 spiro atoms. The van der Waals surface area contributed by atoms with Gasteiger partial charge in [0.2, 0.25) is 0 Å². The van der Waals surface area contributed by atoms with Gasteiger partial charge in [0.25, 0.3) is 0 Å². The van der Waals surface area contributed by atoms with E-state index in [0.29, 0.717) is 0 Å². The Hall–Kier alpha value is -0.930. The third-order valence-corrected chi connectivity index (χ3v) is 2.44. The maximum absolute atomic E-state index is 12.7. The van der Waals surface area contributed by atoms with Crippen LogP contribution in [0.5, 0.6) is 0 Å². The standard InChI is InChI=1S/C12H18FNO/c1-3-12(14-9(2)8-15)10-4-6-11(13)7-5-10/h4-7,9,12,14-15H,3,8H2,1-2H3/t9-,12+/m0/s1. The van der Waals surface area contributed by atoms with Gasteiger partial charge < -0.3 is 10.4 Å². The average Bonchev–Trinajstić information content (AvgIpc) is 2.27. The normalized spacial score (nSPS) is 14.9. The van der Waals surface area contributed by atoms with Crippen LogP contribution in [0.25, 0.3) is 0 Å². The summed E-state index contributed by atoms with van der Waals surface area (Å²) in [5, 5.41) is 12.2. The van der Waals surface area contributed by atoms with Gasteiger partial charge in [-0.15, -0.1) is 0 Å². The van der Waals surface area contributed by atoms with Crippen molar-refractivity contribution in [1.82, 2.24) is 5.32 Å². The molecular formula is C12H18FNO. The molecule has 0 aliphatic heterocycles. The molecule has 1 aromatic rings. The Kier molecular flexibility index (Phi) is 4.72. The number of hydrogen-bond donors (Lipinski definition) is 2. The first-order chi connectivity index (χ1) is 7.17. The second kappa shape index (κ2) is 5.83. The van der Waals surface area contributed by atoms with E-state index in [-0.39, 0.29) is 24.5 Å². The van der Waals surface area contributed by atoms with Gasteiger partial charge in [-0.05, 0) is 31.0 Å². The first-order valence-electron chi connectivity index (χ1n) is 5.29. The molecule has 15 heavy (non-hydrogen) atoms. The lowest BCUT2D eigenvalue weighted by Crippen LogP contribution is -2.32. The molecule has 0 radical (unpaired) electrons. The molecular weight excluding hydrogens is 193 g/mol. The Balaban J connectivity index is 2.69. The van der Waals surface area contributed by atoms with Crippen molar-refractivity contribution < 1.29 is 9.50 Å². The van der Waals surface area contributed by atoms with Crippen molar-refractivity contribution >= 4 is 0 Å². The van der Waals surface area contributed by atoms with Gasteiger partial charge in [0.15, 0.2) is 0 Å². The number of benzene rings is 1. The summed E-state index contributed by atoms with van der Waals surface area (Å²) in [5.74, 6) is -0.219. The molecule has 0 heterocycles. The topological polar surface area (TPSA) is 32.3 Å². The van der Waals surface area contributed by atoms with Gasteiger partial charge in [0.05, 0.1) is 6.61 Å². The van der Waals surface area contributed by atoms with Crippen LogP contribution < -0.4 is 5.32 Å². The Morgan fingerprint density at radius 3 is 2.40 bits per heavy atom. The van der Waals surface area contributed by atoms with Gasteiger partial charge in [-0.3, -0.25) is 0 Å². The molecule has 2 N–H and O–H groups in total. The van der Waals surface area contributed by atoms with Crippen LogP contribution in [0.15, 0.2) is 24.3 Å². The molecule has 84 valence electrons. The summed E-state index contributed by atoms with van der Waals surface area (Å²) in [4.78, 5) is 0. The summed E-state index contributed by atoms with van der Waals surface area (Å²) in [5.41, 5.74) is 1.05. The average molecular weight is 211 g/mol. The molecule has 0 aliphatic carbocycles. The van der Waals surface area contributed by atoms with Crippen LogP contribution in [-0.4, -0.2) is 17.8 Å². The van der Waals surface area contributed by atoms with Crippen molar-refractivity contribution in [3.8, 4) is 0 Å². The van der Waals surface area contributed by atoms with Crippen molar-refractivity contribution in [3.63, 3.8) is 0 Å². The van der Waals surface area contributed by atoms with E-state index in [4.69, 9.17) is 5.11 Å². The zero-order chi connectivity index (χ0) is 11.3. The van der Waals surface area contributed by atoms with Crippen LogP contribution in [-0.2, 0) is 0 Å². The predicted octanol–water partition coefficient (Wildman–Crippen LogP) is 2.25. The number of hydrogen-bond acceptors (Lipinski definition) is 2. The van der Waals surface area contributed by atoms with E-state index in [9.17, 15) is 4.39 Å². The molecule has 0 aromatic heterocycles. The largest absolute Gasteiger partial charge is 0.395 e. The molecule has 1 rings (SSSR count). The van der Waals surface area contributed by atoms with Gasteiger partial charge in [0.1, 0.15) is 5.82 Å². The number of rotatable bonds is 5. The fourth-order valence-corrected chi connectivity index (χ4v) is 1.54. The Morgan fingerprint density at radius 1 is 1.33 bits per heavy atom.